The lowest BCUT2D eigenvalue weighted by molar-refractivity contribution is -0.119. The number of carbonyl (C=O) groups excluding carboxylic acids is 2. The molecule has 1 heterocycles. The molecule has 0 saturated carbocycles. The minimum absolute atomic E-state index is 0.0370. The average molecular weight is 519 g/mol. The Labute approximate surface area is 209 Å². The number of primary sulfonamides is 1. The van der Waals surface area contributed by atoms with E-state index in [9.17, 15) is 18.0 Å². The highest BCUT2D eigenvalue weighted by Gasteiger charge is 2.30. The summed E-state index contributed by atoms with van der Waals surface area (Å²) in [6.45, 7) is 2.13. The summed E-state index contributed by atoms with van der Waals surface area (Å²) in [5.74, 6) is 0.146. The summed E-state index contributed by atoms with van der Waals surface area (Å²) in [7, 11) is -0.872. The Morgan fingerprint density at radius 2 is 1.86 bits per heavy atom. The number of sulfonamides is 1. The molecule has 0 radical (unpaired) electrons. The highest BCUT2D eigenvalue weighted by atomic mass is 32.2. The van der Waals surface area contributed by atoms with E-state index >= 15 is 0 Å². The largest absolute Gasteiger partial charge is 0.493 e. The molecule has 7 N–H and O–H groups in total. The van der Waals surface area contributed by atoms with E-state index in [-0.39, 0.29) is 35.1 Å². The van der Waals surface area contributed by atoms with Crippen LogP contribution in [0.15, 0.2) is 41.3 Å². The highest BCUT2D eigenvalue weighted by Crippen LogP contribution is 2.27. The Morgan fingerprint density at radius 3 is 2.53 bits per heavy atom. The summed E-state index contributed by atoms with van der Waals surface area (Å²) in [5, 5.41) is 24.4. The first-order valence-corrected chi connectivity index (χ1v) is 12.6. The van der Waals surface area contributed by atoms with Crippen LogP contribution in [0.3, 0.4) is 0 Å². The Balaban J connectivity index is 1.50. The van der Waals surface area contributed by atoms with Gasteiger partial charge in [0.25, 0.3) is 0 Å². The lowest BCUT2D eigenvalue weighted by Crippen LogP contribution is -2.46. The second-order valence-electron chi connectivity index (χ2n) is 8.34. The molecule has 0 spiro atoms. The molecule has 0 aliphatic carbocycles. The minimum atomic E-state index is -3.90. The van der Waals surface area contributed by atoms with Gasteiger partial charge in [-0.2, -0.15) is 0 Å². The van der Waals surface area contributed by atoms with Crippen molar-refractivity contribution in [3.63, 3.8) is 0 Å². The number of ether oxygens (including phenoxy) is 2. The molecule has 2 atom stereocenters. The fourth-order valence-electron chi connectivity index (χ4n) is 3.78. The van der Waals surface area contributed by atoms with Crippen LogP contribution in [0, 0.1) is 12.3 Å². The maximum absolute atomic E-state index is 12.7. The van der Waals surface area contributed by atoms with Crippen molar-refractivity contribution >= 4 is 33.5 Å². The topological polar surface area (TPSA) is 185 Å². The molecule has 3 rings (SSSR count). The van der Waals surface area contributed by atoms with E-state index in [1.165, 1.54) is 26.4 Å². The zero-order chi connectivity index (χ0) is 26.5. The molecule has 13 heteroatoms. The second-order valence-corrected chi connectivity index (χ2v) is 9.90. The number of carbonyl (C=O) groups is 2. The predicted molar refractivity (Wildman–Crippen MR) is 134 cm³/mol. The zero-order valence-electron chi connectivity index (χ0n) is 20.2. The Morgan fingerprint density at radius 1 is 1.14 bits per heavy atom. The van der Waals surface area contributed by atoms with Gasteiger partial charge in [0.05, 0.1) is 31.6 Å². The van der Waals surface area contributed by atoms with Crippen LogP contribution >= 0.6 is 0 Å². The molecule has 1 aliphatic rings. The lowest BCUT2D eigenvalue weighted by Gasteiger charge is -2.16. The minimum Gasteiger partial charge on any atom is -0.493 e. The third kappa shape index (κ3) is 6.93. The van der Waals surface area contributed by atoms with E-state index in [1.807, 2.05) is 0 Å². The fraction of sp³-hybridized carbons (Fsp3) is 0.348. The van der Waals surface area contributed by atoms with Gasteiger partial charge in [0, 0.05) is 18.3 Å². The van der Waals surface area contributed by atoms with Crippen LogP contribution in [0.25, 0.3) is 0 Å². The van der Waals surface area contributed by atoms with E-state index in [4.69, 9.17) is 20.0 Å². The molecule has 0 aromatic heterocycles. The van der Waals surface area contributed by atoms with Crippen LogP contribution < -0.4 is 35.9 Å². The van der Waals surface area contributed by atoms with Crippen LogP contribution in [0.4, 0.5) is 5.69 Å². The highest BCUT2D eigenvalue weighted by molar-refractivity contribution is 7.89. The number of hydrogen-bond acceptors (Lipinski definition) is 8. The van der Waals surface area contributed by atoms with E-state index in [0.717, 1.165) is 0 Å². The molecule has 0 bridgehead atoms. The summed E-state index contributed by atoms with van der Waals surface area (Å²) in [6, 6.07) is 8.54. The van der Waals surface area contributed by atoms with Crippen molar-refractivity contribution in [1.29, 1.82) is 5.41 Å². The van der Waals surface area contributed by atoms with Crippen molar-refractivity contribution in [3.05, 3.63) is 47.5 Å². The van der Waals surface area contributed by atoms with Crippen molar-refractivity contribution in [2.45, 2.75) is 36.7 Å². The maximum Gasteiger partial charge on any atom is 0.241 e. The van der Waals surface area contributed by atoms with Crippen molar-refractivity contribution < 1.29 is 27.5 Å². The van der Waals surface area contributed by atoms with Gasteiger partial charge in [-0.3, -0.25) is 20.3 Å². The number of hydrogen-bond donors (Lipinski definition) is 6. The van der Waals surface area contributed by atoms with Gasteiger partial charge in [-0.1, -0.05) is 12.1 Å². The number of guanidine groups is 1. The third-order valence-electron chi connectivity index (χ3n) is 5.67. The first kappa shape index (κ1) is 26.9. The van der Waals surface area contributed by atoms with Crippen molar-refractivity contribution in [2.75, 3.05) is 26.1 Å². The van der Waals surface area contributed by atoms with Gasteiger partial charge >= 0.3 is 0 Å². The number of rotatable bonds is 8. The smallest absolute Gasteiger partial charge is 0.241 e. The SMILES string of the molecule is COc1ccc(CC(=O)NC(=N)N[C@@H]2CN[C@H](C(=O)Nc3cc(S(N)(=O)=O)ccc3C)C2)cc1OC. The van der Waals surface area contributed by atoms with E-state index in [1.54, 1.807) is 31.2 Å². The second kappa shape index (κ2) is 11.4. The molecule has 2 aromatic carbocycles. The zero-order valence-corrected chi connectivity index (χ0v) is 21.0. The van der Waals surface area contributed by atoms with Crippen molar-refractivity contribution in [2.24, 2.45) is 5.14 Å². The summed E-state index contributed by atoms with van der Waals surface area (Å²) >= 11 is 0. The van der Waals surface area contributed by atoms with Gasteiger partial charge in [-0.05, 0) is 48.7 Å². The summed E-state index contributed by atoms with van der Waals surface area (Å²) in [6.07, 6.45) is 0.392. The van der Waals surface area contributed by atoms with Gasteiger partial charge in [0.15, 0.2) is 17.5 Å². The number of benzene rings is 2. The normalized spacial score (nSPS) is 17.2. The molecule has 0 unspecified atom stereocenters. The van der Waals surface area contributed by atoms with E-state index < -0.39 is 16.1 Å². The maximum atomic E-state index is 12.7. The molecular formula is C23H30N6O6S. The fourth-order valence-corrected chi connectivity index (χ4v) is 4.32. The number of amides is 2. The Kier molecular flexibility index (Phi) is 8.50. The molecule has 12 nitrogen and oxygen atoms in total. The van der Waals surface area contributed by atoms with Gasteiger partial charge < -0.3 is 25.4 Å². The third-order valence-corrected chi connectivity index (χ3v) is 6.58. The van der Waals surface area contributed by atoms with Crippen molar-refractivity contribution in [1.82, 2.24) is 16.0 Å². The molecule has 36 heavy (non-hydrogen) atoms. The number of anilines is 1. The summed E-state index contributed by atoms with van der Waals surface area (Å²) in [5.41, 5.74) is 1.72. The first-order valence-electron chi connectivity index (χ1n) is 11.0. The van der Waals surface area contributed by atoms with Crippen LogP contribution in [-0.2, 0) is 26.0 Å². The molecule has 2 amide bonds. The van der Waals surface area contributed by atoms with Gasteiger partial charge in [-0.15, -0.1) is 0 Å². The van der Waals surface area contributed by atoms with Crippen LogP contribution in [0.1, 0.15) is 17.5 Å². The number of methoxy groups -OCH3 is 2. The van der Waals surface area contributed by atoms with E-state index in [0.29, 0.717) is 41.3 Å². The van der Waals surface area contributed by atoms with Crippen molar-refractivity contribution in [3.8, 4) is 11.5 Å². The predicted octanol–water partition coefficient (Wildman–Crippen LogP) is 0.212. The molecule has 1 fully saturated rings. The number of nitrogens with two attached hydrogens (primary N) is 1. The van der Waals surface area contributed by atoms with Crippen LogP contribution in [0.5, 0.6) is 11.5 Å². The van der Waals surface area contributed by atoms with Crippen LogP contribution in [0.2, 0.25) is 0 Å². The first-order chi connectivity index (χ1) is 17.0. The monoisotopic (exact) mass is 518 g/mol. The number of nitrogens with one attached hydrogen (secondary N) is 5. The molecular weight excluding hydrogens is 488 g/mol. The van der Waals surface area contributed by atoms with Crippen LogP contribution in [-0.4, -0.2) is 59.0 Å². The molecule has 194 valence electrons. The standard InChI is InChI=1S/C23H30N6O6S/c1-13-4-6-16(36(25,32)33)11-17(13)28-22(31)18-10-15(12-26-18)27-23(24)29-21(30)9-14-5-7-19(34-2)20(8-14)35-3/h4-8,11,15,18,26H,9-10,12H2,1-3H3,(H,28,31)(H2,25,32,33)(H3,24,27,29,30)/t15-,18-/m0/s1. The Bertz CT molecular complexity index is 1270. The Hall–Kier alpha value is -3.68. The average Bonchev–Trinajstić information content (AvgIpc) is 3.27. The quantitative estimate of drug-likeness (QED) is 0.211. The van der Waals surface area contributed by atoms with Gasteiger partial charge in [0.2, 0.25) is 21.8 Å². The van der Waals surface area contributed by atoms with E-state index in [2.05, 4.69) is 21.3 Å². The van der Waals surface area contributed by atoms with Gasteiger partial charge in [-0.25, -0.2) is 13.6 Å². The molecule has 1 aliphatic heterocycles. The summed E-state index contributed by atoms with van der Waals surface area (Å²) < 4.78 is 33.6. The van der Waals surface area contributed by atoms with Gasteiger partial charge in [0.1, 0.15) is 0 Å². The lowest BCUT2D eigenvalue weighted by atomic mass is 10.1. The molecule has 2 aromatic rings. The molecule has 1 saturated heterocycles. The summed E-state index contributed by atoms with van der Waals surface area (Å²) in [4.78, 5) is 25.0. The number of aryl methyl sites for hydroxylation is 1.